The van der Waals surface area contributed by atoms with E-state index >= 15 is 0 Å². The summed E-state index contributed by atoms with van der Waals surface area (Å²) in [4.78, 5) is 0. The van der Waals surface area contributed by atoms with E-state index in [0.717, 1.165) is 260 Å². The fourth-order valence-corrected chi connectivity index (χ4v) is 8.81. The molecular formula is C71H176O8. The molecule has 0 saturated heterocycles. The zero-order valence-electron chi connectivity index (χ0n) is 43.7. The maximum absolute atomic E-state index is 6.41. The second-order valence-electron chi connectivity index (χ2n) is 18.6. The van der Waals surface area contributed by atoms with Crippen molar-refractivity contribution in [3.05, 3.63) is 0 Å². The molecule has 0 bridgehead atoms. The van der Waals surface area contributed by atoms with E-state index in [1.54, 1.807) is 0 Å². The van der Waals surface area contributed by atoms with Crippen LogP contribution in [-0.4, -0.2) is 106 Å². The summed E-state index contributed by atoms with van der Waals surface area (Å²) in [6.45, 7) is 31.3. The van der Waals surface area contributed by atoms with Gasteiger partial charge in [0.1, 0.15) is 0 Å². The van der Waals surface area contributed by atoms with Gasteiger partial charge in [0.25, 0.3) is 0 Å². The van der Waals surface area contributed by atoms with Crippen LogP contribution in [-0.2, 0) is 37.9 Å². The molecule has 0 aromatic rings. The Balaban J connectivity index is -0.000000160. The molecular weight excluding hydrogens is 981 g/mol. The van der Waals surface area contributed by atoms with Crippen LogP contribution in [0.4, 0.5) is 0 Å². The van der Waals surface area contributed by atoms with Gasteiger partial charge in [-0.3, -0.25) is 0 Å². The summed E-state index contributed by atoms with van der Waals surface area (Å²) in [5.74, 6) is 2.90. The Labute approximate surface area is 511 Å². The maximum Gasteiger partial charge on any atom is 0.0468 e. The van der Waals surface area contributed by atoms with E-state index in [0.29, 0.717) is 35.5 Å². The van der Waals surface area contributed by atoms with Gasteiger partial charge >= 0.3 is 0 Å². The van der Waals surface area contributed by atoms with Gasteiger partial charge in [-0.25, -0.2) is 0 Å². The SMILES string of the molecule is C.C.C.C.C.C.C.C.C.C.C.C.C.C.C.C.CCCCOCCC(CCOCCCC)C(CC(C(CCOCCCC)CCOCCCC)C(CCOCCCC)CCOCCCC)C(CCOCCCC)CCOCCCC. The molecule has 0 spiro atoms. The lowest BCUT2D eigenvalue weighted by molar-refractivity contribution is 0.00350. The van der Waals surface area contributed by atoms with Crippen molar-refractivity contribution >= 4 is 0 Å². The largest absolute Gasteiger partial charge is 0.381 e. The lowest BCUT2D eigenvalue weighted by Gasteiger charge is -2.42. The molecule has 0 aliphatic heterocycles. The smallest absolute Gasteiger partial charge is 0.0468 e. The summed E-state index contributed by atoms with van der Waals surface area (Å²) in [6, 6.07) is 0. The first kappa shape index (κ1) is 125. The quantitative estimate of drug-likeness (QED) is 0.0558. The predicted octanol–water partition coefficient (Wildman–Crippen LogP) is 24.9. The molecule has 0 atom stereocenters. The molecule has 0 rings (SSSR count). The van der Waals surface area contributed by atoms with Crippen molar-refractivity contribution in [2.45, 2.75) is 335 Å². The Bertz CT molecular complexity index is 664. The van der Waals surface area contributed by atoms with Crippen molar-refractivity contribution in [2.24, 2.45) is 35.5 Å². The standard InChI is InChI=1S/C55H112O8.16CH4/c1-9-17-33-56-41-25-50(26-42-57-34-18-10-2)54(51(27-43-58-35-19-11-3)28-44-59-36-20-12-4)49-55(52(29-45-60-37-21-13-5)30-46-61-38-22-14-6)53(31-47-62-39-23-15-7)32-48-63-40-24-16-8;;;;;;;;;;;;;;;;/h50-55H,9-49H2,1-8H3;16*1H4. The van der Waals surface area contributed by atoms with Crippen molar-refractivity contribution in [3.8, 4) is 0 Å². The summed E-state index contributed by atoms with van der Waals surface area (Å²) in [5, 5.41) is 0. The zero-order chi connectivity index (χ0) is 46.1. The molecule has 0 radical (unpaired) electrons. The van der Waals surface area contributed by atoms with Crippen molar-refractivity contribution < 1.29 is 37.9 Å². The second kappa shape index (κ2) is 103. The fourth-order valence-electron chi connectivity index (χ4n) is 8.81. The Hall–Kier alpha value is -0.320. The van der Waals surface area contributed by atoms with Gasteiger partial charge in [-0.15, -0.1) is 0 Å². The molecule has 8 nitrogen and oxygen atoms in total. The maximum atomic E-state index is 6.41. The molecule has 0 N–H and O–H groups in total. The van der Waals surface area contributed by atoms with E-state index in [-0.39, 0.29) is 119 Å². The summed E-state index contributed by atoms with van der Waals surface area (Å²) in [7, 11) is 0. The molecule has 0 saturated carbocycles. The van der Waals surface area contributed by atoms with Crippen LogP contribution in [0, 0.1) is 35.5 Å². The van der Waals surface area contributed by atoms with E-state index in [2.05, 4.69) is 55.4 Å². The normalized spacial score (nSPS) is 9.80. The molecule has 508 valence electrons. The Morgan fingerprint density at radius 1 is 0.177 bits per heavy atom. The highest BCUT2D eigenvalue weighted by atomic mass is 16.5. The van der Waals surface area contributed by atoms with E-state index in [1.807, 2.05) is 0 Å². The lowest BCUT2D eigenvalue weighted by Crippen LogP contribution is -2.36. The van der Waals surface area contributed by atoms with Gasteiger partial charge in [0.2, 0.25) is 0 Å². The van der Waals surface area contributed by atoms with Gasteiger partial charge in [0.05, 0.1) is 0 Å². The molecule has 0 aliphatic carbocycles. The lowest BCUT2D eigenvalue weighted by atomic mass is 9.65. The van der Waals surface area contributed by atoms with Crippen molar-refractivity contribution in [1.29, 1.82) is 0 Å². The highest BCUT2D eigenvalue weighted by molar-refractivity contribution is 4.87. The average Bonchev–Trinajstić information content (AvgIpc) is 3.29. The second-order valence-corrected chi connectivity index (χ2v) is 18.6. The summed E-state index contributed by atoms with van der Waals surface area (Å²) in [5.41, 5.74) is 0. The van der Waals surface area contributed by atoms with Crippen LogP contribution in [0.3, 0.4) is 0 Å². The van der Waals surface area contributed by atoms with E-state index in [9.17, 15) is 0 Å². The molecule has 79 heavy (non-hydrogen) atoms. The average molecular weight is 1160 g/mol. The molecule has 0 heterocycles. The minimum atomic E-state index is 0. The molecule has 0 unspecified atom stereocenters. The van der Waals surface area contributed by atoms with E-state index < -0.39 is 0 Å². The molecule has 8 heteroatoms. The van der Waals surface area contributed by atoms with E-state index in [4.69, 9.17) is 37.9 Å². The monoisotopic (exact) mass is 1160 g/mol. The zero-order valence-corrected chi connectivity index (χ0v) is 43.7. The fraction of sp³-hybridized carbons (Fsp3) is 1.00. The Morgan fingerprint density at radius 2 is 0.291 bits per heavy atom. The number of unbranched alkanes of at least 4 members (excludes halogenated alkanes) is 8. The van der Waals surface area contributed by atoms with Crippen LogP contribution >= 0.6 is 0 Å². The van der Waals surface area contributed by atoms with Crippen LogP contribution in [0.25, 0.3) is 0 Å². The number of rotatable bonds is 54. The van der Waals surface area contributed by atoms with Gasteiger partial charge in [-0.05, 0) is 145 Å². The van der Waals surface area contributed by atoms with Gasteiger partial charge in [0, 0.05) is 106 Å². The third-order valence-corrected chi connectivity index (χ3v) is 13.2. The number of ether oxygens (including phenoxy) is 8. The highest BCUT2D eigenvalue weighted by Gasteiger charge is 2.37. The van der Waals surface area contributed by atoms with Crippen LogP contribution < -0.4 is 0 Å². The number of hydrogen-bond acceptors (Lipinski definition) is 8. The van der Waals surface area contributed by atoms with Crippen molar-refractivity contribution in [2.75, 3.05) is 106 Å². The topological polar surface area (TPSA) is 73.8 Å². The Morgan fingerprint density at radius 3 is 0.392 bits per heavy atom. The summed E-state index contributed by atoms with van der Waals surface area (Å²) in [6.07, 6.45) is 28.0. The van der Waals surface area contributed by atoms with Crippen LogP contribution in [0.1, 0.15) is 335 Å². The summed E-state index contributed by atoms with van der Waals surface area (Å²) >= 11 is 0. The third-order valence-electron chi connectivity index (χ3n) is 13.2. The van der Waals surface area contributed by atoms with Gasteiger partial charge in [-0.2, -0.15) is 0 Å². The third kappa shape index (κ3) is 77.7. The summed E-state index contributed by atoms with van der Waals surface area (Å²) < 4.78 is 51.3. The first-order valence-corrected chi connectivity index (χ1v) is 27.7. The van der Waals surface area contributed by atoms with Gasteiger partial charge < -0.3 is 37.9 Å². The van der Waals surface area contributed by atoms with Crippen LogP contribution in [0.5, 0.6) is 0 Å². The molecule has 0 amide bonds. The minimum Gasteiger partial charge on any atom is -0.381 e. The molecule has 0 aliphatic rings. The predicted molar refractivity (Wildman–Crippen MR) is 376 cm³/mol. The molecule has 0 aromatic carbocycles. The van der Waals surface area contributed by atoms with Crippen molar-refractivity contribution in [3.63, 3.8) is 0 Å². The van der Waals surface area contributed by atoms with Crippen LogP contribution in [0.15, 0.2) is 0 Å². The van der Waals surface area contributed by atoms with Gasteiger partial charge in [-0.1, -0.05) is 226 Å². The first-order chi connectivity index (χ1) is 31.1. The van der Waals surface area contributed by atoms with Crippen LogP contribution in [0.2, 0.25) is 0 Å². The van der Waals surface area contributed by atoms with Crippen molar-refractivity contribution in [1.82, 2.24) is 0 Å². The van der Waals surface area contributed by atoms with Gasteiger partial charge in [0.15, 0.2) is 0 Å². The number of hydrogen-bond donors (Lipinski definition) is 0. The molecule has 0 fully saturated rings. The minimum absolute atomic E-state index is 0. The Kier molecular flexibility index (Phi) is 162. The highest BCUT2D eigenvalue weighted by Crippen LogP contribution is 2.44. The molecule has 0 aromatic heterocycles. The first-order valence-electron chi connectivity index (χ1n) is 27.7. The van der Waals surface area contributed by atoms with E-state index in [1.165, 1.54) is 6.42 Å².